The third kappa shape index (κ3) is 4.06. The third-order valence-corrected chi connectivity index (χ3v) is 6.03. The number of unbranched alkanes of at least 4 members (excludes halogenated alkanes) is 1. The average molecular weight is 397 g/mol. The van der Waals surface area contributed by atoms with Gasteiger partial charge in [-0.25, -0.2) is 5.43 Å². The molecule has 0 aromatic heterocycles. The maximum Gasteiger partial charge on any atom is 0.244 e. The normalized spacial score (nSPS) is 17.4. The number of benzene rings is 3. The van der Waals surface area contributed by atoms with Gasteiger partial charge in [-0.2, -0.15) is 5.10 Å². The fourth-order valence-corrected chi connectivity index (χ4v) is 4.30. The van der Waals surface area contributed by atoms with Crippen LogP contribution >= 0.6 is 0 Å². The van der Waals surface area contributed by atoms with Crippen molar-refractivity contribution in [2.45, 2.75) is 38.0 Å². The molecule has 152 valence electrons. The first-order valence-corrected chi connectivity index (χ1v) is 10.8. The van der Waals surface area contributed by atoms with Gasteiger partial charge in [-0.05, 0) is 36.0 Å². The highest BCUT2D eigenvalue weighted by atomic mass is 16.2. The highest BCUT2D eigenvalue weighted by Gasteiger charge is 2.60. The highest BCUT2D eigenvalue weighted by molar-refractivity contribution is 6.01. The van der Waals surface area contributed by atoms with E-state index in [1.54, 1.807) is 0 Å². The van der Waals surface area contributed by atoms with Gasteiger partial charge in [-0.1, -0.05) is 104 Å². The molecule has 0 spiro atoms. The molecule has 1 N–H and O–H groups in total. The molecule has 1 amide bonds. The average Bonchev–Trinajstić information content (AvgIpc) is 3.58. The fourth-order valence-electron chi connectivity index (χ4n) is 4.30. The number of hydrogen-bond acceptors (Lipinski definition) is 2. The Morgan fingerprint density at radius 1 is 0.900 bits per heavy atom. The van der Waals surface area contributed by atoms with Crippen LogP contribution in [0.4, 0.5) is 0 Å². The zero-order chi connectivity index (χ0) is 20.8. The van der Waals surface area contributed by atoms with E-state index in [-0.39, 0.29) is 17.2 Å². The number of nitrogens with zero attached hydrogens (tertiary/aromatic N) is 1. The molecule has 0 heterocycles. The Labute approximate surface area is 178 Å². The second kappa shape index (κ2) is 9.08. The summed E-state index contributed by atoms with van der Waals surface area (Å²) in [6.07, 6.45) is 3.80. The number of hydrazone groups is 1. The van der Waals surface area contributed by atoms with E-state index in [0.29, 0.717) is 0 Å². The monoisotopic (exact) mass is 396 g/mol. The van der Waals surface area contributed by atoms with Gasteiger partial charge in [-0.3, -0.25) is 4.79 Å². The molecule has 3 aromatic rings. The number of hydrogen-bond donors (Lipinski definition) is 1. The summed E-state index contributed by atoms with van der Waals surface area (Å²) in [4.78, 5) is 13.2. The molecule has 1 aliphatic rings. The molecule has 1 aliphatic carbocycles. The number of nitrogens with one attached hydrogen (secondary N) is 1. The van der Waals surface area contributed by atoms with Gasteiger partial charge < -0.3 is 0 Å². The Hall–Kier alpha value is -3.20. The SMILES string of the molecule is CCCCC(=NNC(=O)[C@@H]1CC1(c1ccccc1)c1ccccc1)c1ccccc1. The molecule has 4 rings (SSSR count). The Balaban J connectivity index is 1.58. The highest BCUT2D eigenvalue weighted by Crippen LogP contribution is 2.58. The van der Waals surface area contributed by atoms with Crippen molar-refractivity contribution in [2.75, 3.05) is 0 Å². The molecular weight excluding hydrogens is 368 g/mol. The maximum absolute atomic E-state index is 13.2. The first-order chi connectivity index (χ1) is 14.8. The van der Waals surface area contributed by atoms with Crippen molar-refractivity contribution in [2.24, 2.45) is 11.0 Å². The predicted molar refractivity (Wildman–Crippen MR) is 122 cm³/mol. The van der Waals surface area contributed by atoms with Crippen LogP contribution in [-0.4, -0.2) is 11.6 Å². The minimum absolute atomic E-state index is 0.00682. The molecule has 0 bridgehead atoms. The fraction of sp³-hybridized carbons (Fsp3) is 0.259. The summed E-state index contributed by atoms with van der Waals surface area (Å²) in [6, 6.07) is 30.8. The van der Waals surface area contributed by atoms with Crippen LogP contribution < -0.4 is 5.43 Å². The molecule has 0 radical (unpaired) electrons. The van der Waals surface area contributed by atoms with Gasteiger partial charge >= 0.3 is 0 Å². The van der Waals surface area contributed by atoms with Crippen LogP contribution in [0, 0.1) is 5.92 Å². The standard InChI is InChI=1S/C27H28N2O/c1-2-3-19-25(21-13-7-4-8-14-21)28-29-26(30)24-20-27(24,22-15-9-5-10-16-22)23-17-11-6-12-18-23/h4-18,24H,2-3,19-20H2,1H3,(H,29,30)/t24-/m0/s1. The first kappa shape index (κ1) is 20.1. The summed E-state index contributed by atoms with van der Waals surface area (Å²) < 4.78 is 0. The Morgan fingerprint density at radius 3 is 1.97 bits per heavy atom. The van der Waals surface area contributed by atoms with E-state index in [2.05, 4.69) is 53.8 Å². The van der Waals surface area contributed by atoms with Crippen LogP contribution in [0.5, 0.6) is 0 Å². The van der Waals surface area contributed by atoms with Crippen LogP contribution in [-0.2, 0) is 10.2 Å². The van der Waals surface area contributed by atoms with E-state index in [0.717, 1.165) is 37.0 Å². The molecule has 1 atom stereocenters. The van der Waals surface area contributed by atoms with Crippen LogP contribution in [0.3, 0.4) is 0 Å². The molecule has 0 aliphatic heterocycles. The molecular formula is C27H28N2O. The van der Waals surface area contributed by atoms with Crippen molar-refractivity contribution in [1.82, 2.24) is 5.43 Å². The summed E-state index contributed by atoms with van der Waals surface area (Å²) in [5.74, 6) is -0.123. The maximum atomic E-state index is 13.2. The van der Waals surface area contributed by atoms with Crippen LogP contribution in [0.15, 0.2) is 96.1 Å². The topological polar surface area (TPSA) is 41.5 Å². The summed E-state index contributed by atoms with van der Waals surface area (Å²) in [6.45, 7) is 2.17. The van der Waals surface area contributed by atoms with Gasteiger partial charge in [0.2, 0.25) is 5.91 Å². The van der Waals surface area contributed by atoms with Crippen molar-refractivity contribution >= 4 is 11.6 Å². The van der Waals surface area contributed by atoms with Gasteiger partial charge in [0.05, 0.1) is 11.6 Å². The van der Waals surface area contributed by atoms with E-state index < -0.39 is 0 Å². The van der Waals surface area contributed by atoms with E-state index in [1.165, 1.54) is 11.1 Å². The molecule has 0 unspecified atom stereocenters. The van der Waals surface area contributed by atoms with E-state index in [1.807, 2.05) is 54.6 Å². The molecule has 1 fully saturated rings. The van der Waals surface area contributed by atoms with Crippen molar-refractivity contribution < 1.29 is 4.79 Å². The van der Waals surface area contributed by atoms with Crippen LogP contribution in [0.25, 0.3) is 0 Å². The van der Waals surface area contributed by atoms with Gasteiger partial charge in [0, 0.05) is 5.41 Å². The second-order valence-corrected chi connectivity index (χ2v) is 7.96. The zero-order valence-corrected chi connectivity index (χ0v) is 17.4. The van der Waals surface area contributed by atoms with Gasteiger partial charge in [0.25, 0.3) is 0 Å². The number of amides is 1. The minimum atomic E-state index is -0.265. The van der Waals surface area contributed by atoms with Crippen LogP contribution in [0.1, 0.15) is 49.3 Å². The smallest absolute Gasteiger partial charge is 0.244 e. The van der Waals surface area contributed by atoms with Crippen LogP contribution in [0.2, 0.25) is 0 Å². The Kier molecular flexibility index (Phi) is 6.08. The summed E-state index contributed by atoms with van der Waals surface area (Å²) in [5, 5.41) is 4.56. The number of rotatable bonds is 8. The lowest BCUT2D eigenvalue weighted by Gasteiger charge is -2.18. The lowest BCUT2D eigenvalue weighted by atomic mass is 9.85. The lowest BCUT2D eigenvalue weighted by molar-refractivity contribution is -0.122. The Morgan fingerprint density at radius 2 is 1.43 bits per heavy atom. The summed E-state index contributed by atoms with van der Waals surface area (Å²) >= 11 is 0. The largest absolute Gasteiger partial charge is 0.273 e. The van der Waals surface area contributed by atoms with E-state index in [9.17, 15) is 4.79 Å². The first-order valence-electron chi connectivity index (χ1n) is 10.8. The molecule has 3 nitrogen and oxygen atoms in total. The lowest BCUT2D eigenvalue weighted by Crippen LogP contribution is -2.26. The number of carbonyl (C=O) groups excluding carboxylic acids is 1. The molecule has 3 heteroatoms. The van der Waals surface area contributed by atoms with Crippen molar-refractivity contribution in [3.05, 3.63) is 108 Å². The number of carbonyl (C=O) groups is 1. The van der Waals surface area contributed by atoms with E-state index in [4.69, 9.17) is 0 Å². The molecule has 1 saturated carbocycles. The summed E-state index contributed by atoms with van der Waals surface area (Å²) in [7, 11) is 0. The van der Waals surface area contributed by atoms with E-state index >= 15 is 0 Å². The van der Waals surface area contributed by atoms with Crippen molar-refractivity contribution in [3.8, 4) is 0 Å². The summed E-state index contributed by atoms with van der Waals surface area (Å²) in [5.41, 5.74) is 7.02. The molecule has 30 heavy (non-hydrogen) atoms. The van der Waals surface area contributed by atoms with Crippen molar-refractivity contribution in [3.63, 3.8) is 0 Å². The van der Waals surface area contributed by atoms with Gasteiger partial charge in [0.1, 0.15) is 0 Å². The Bertz CT molecular complexity index is 957. The second-order valence-electron chi connectivity index (χ2n) is 7.96. The zero-order valence-electron chi connectivity index (χ0n) is 17.4. The van der Waals surface area contributed by atoms with Gasteiger partial charge in [0.15, 0.2) is 0 Å². The minimum Gasteiger partial charge on any atom is -0.273 e. The van der Waals surface area contributed by atoms with Crippen molar-refractivity contribution in [1.29, 1.82) is 0 Å². The quantitative estimate of drug-likeness (QED) is 0.385. The molecule has 0 saturated heterocycles. The predicted octanol–water partition coefficient (Wildman–Crippen LogP) is 5.70. The van der Waals surface area contributed by atoms with Gasteiger partial charge in [-0.15, -0.1) is 0 Å². The third-order valence-electron chi connectivity index (χ3n) is 6.03. The molecule has 3 aromatic carbocycles.